The summed E-state index contributed by atoms with van der Waals surface area (Å²) in [6, 6.07) is 8.70. The number of hydrogen-bond acceptors (Lipinski definition) is 5. The van der Waals surface area contributed by atoms with Crippen LogP contribution >= 0.6 is 0 Å². The lowest BCUT2D eigenvalue weighted by molar-refractivity contribution is -0.136. The zero-order valence-electron chi connectivity index (χ0n) is 18.1. The molecule has 0 spiro atoms. The number of amides is 1. The molecule has 1 atom stereocenters. The summed E-state index contributed by atoms with van der Waals surface area (Å²) in [7, 11) is 1.63. The van der Waals surface area contributed by atoms with Crippen LogP contribution in [0.25, 0.3) is 10.8 Å². The van der Waals surface area contributed by atoms with E-state index >= 15 is 0 Å². The van der Waals surface area contributed by atoms with Gasteiger partial charge in [0.2, 0.25) is 0 Å². The van der Waals surface area contributed by atoms with Crippen molar-refractivity contribution in [1.29, 1.82) is 0 Å². The average Bonchev–Trinajstić information content (AvgIpc) is 2.65. The van der Waals surface area contributed by atoms with Gasteiger partial charge in [0.1, 0.15) is 23.1 Å². The molecule has 0 saturated heterocycles. The Morgan fingerprint density at radius 2 is 1.79 bits per heavy atom. The molecule has 0 bridgehead atoms. The van der Waals surface area contributed by atoms with Gasteiger partial charge in [0.25, 0.3) is 0 Å². The van der Waals surface area contributed by atoms with E-state index in [4.69, 9.17) is 14.2 Å². The summed E-state index contributed by atoms with van der Waals surface area (Å²) >= 11 is 0. The number of alkyl carbamates (subject to hydrolysis) is 1. The van der Waals surface area contributed by atoms with Gasteiger partial charge in [-0.1, -0.05) is 37.6 Å². The van der Waals surface area contributed by atoms with Crippen LogP contribution in [0.5, 0.6) is 11.5 Å². The van der Waals surface area contributed by atoms with Gasteiger partial charge in [-0.3, -0.25) is 0 Å². The molecule has 29 heavy (non-hydrogen) atoms. The topological polar surface area (TPSA) is 73.9 Å². The minimum absolute atomic E-state index is 0.512. The first-order chi connectivity index (χ1) is 13.7. The van der Waals surface area contributed by atoms with Crippen molar-refractivity contribution in [2.75, 3.05) is 7.11 Å². The second-order valence-corrected chi connectivity index (χ2v) is 8.01. The SMILES string of the molecule is CCCCc1cc(OC)c2ccccc2c1OC(=O)[C@H](C)NC(=O)OC(C)(C)C. The van der Waals surface area contributed by atoms with Crippen molar-refractivity contribution in [1.82, 2.24) is 5.32 Å². The average molecular weight is 402 g/mol. The number of esters is 1. The van der Waals surface area contributed by atoms with Gasteiger partial charge in [0.05, 0.1) is 7.11 Å². The molecule has 0 saturated carbocycles. The number of nitrogens with one attached hydrogen (secondary N) is 1. The zero-order valence-corrected chi connectivity index (χ0v) is 18.1. The molecule has 6 heteroatoms. The lowest BCUT2D eigenvalue weighted by Crippen LogP contribution is -2.43. The van der Waals surface area contributed by atoms with Gasteiger partial charge in [-0.05, 0) is 52.2 Å². The molecule has 0 radical (unpaired) electrons. The number of ether oxygens (including phenoxy) is 3. The fourth-order valence-electron chi connectivity index (χ4n) is 2.95. The van der Waals surface area contributed by atoms with E-state index in [0.717, 1.165) is 41.3 Å². The second-order valence-electron chi connectivity index (χ2n) is 8.01. The minimum atomic E-state index is -0.857. The quantitative estimate of drug-likeness (QED) is 0.521. The summed E-state index contributed by atoms with van der Waals surface area (Å²) < 4.78 is 16.5. The molecular weight excluding hydrogens is 370 g/mol. The van der Waals surface area contributed by atoms with E-state index in [1.807, 2.05) is 30.3 Å². The van der Waals surface area contributed by atoms with Crippen LogP contribution in [0, 0.1) is 0 Å². The molecule has 2 aromatic rings. The molecule has 0 aromatic heterocycles. The first-order valence-corrected chi connectivity index (χ1v) is 9.96. The maximum absolute atomic E-state index is 12.7. The molecule has 2 aromatic carbocycles. The molecule has 2 rings (SSSR count). The van der Waals surface area contributed by atoms with Gasteiger partial charge in [-0.15, -0.1) is 0 Å². The van der Waals surface area contributed by atoms with Crippen LogP contribution < -0.4 is 14.8 Å². The highest BCUT2D eigenvalue weighted by molar-refractivity contribution is 5.96. The Balaban J connectivity index is 2.31. The van der Waals surface area contributed by atoms with Crippen molar-refractivity contribution < 1.29 is 23.8 Å². The molecule has 0 aliphatic rings. The number of carbonyl (C=O) groups is 2. The highest BCUT2D eigenvalue weighted by Crippen LogP contribution is 2.37. The molecule has 1 N–H and O–H groups in total. The summed E-state index contributed by atoms with van der Waals surface area (Å²) in [6.45, 7) is 8.97. The number of aryl methyl sites for hydroxylation is 1. The normalized spacial score (nSPS) is 12.3. The largest absolute Gasteiger partial charge is 0.496 e. The van der Waals surface area contributed by atoms with E-state index in [2.05, 4.69) is 12.2 Å². The molecule has 0 aliphatic carbocycles. The summed E-state index contributed by atoms with van der Waals surface area (Å²) in [6.07, 6.45) is 2.07. The predicted molar refractivity (Wildman–Crippen MR) is 114 cm³/mol. The van der Waals surface area contributed by atoms with Gasteiger partial charge < -0.3 is 19.5 Å². The molecular formula is C23H31NO5. The fraction of sp³-hybridized carbons (Fsp3) is 0.478. The van der Waals surface area contributed by atoms with Crippen LogP contribution in [0.4, 0.5) is 4.79 Å². The van der Waals surface area contributed by atoms with Crippen molar-refractivity contribution in [2.24, 2.45) is 0 Å². The number of hydrogen-bond donors (Lipinski definition) is 1. The Bertz CT molecular complexity index is 869. The van der Waals surface area contributed by atoms with E-state index in [-0.39, 0.29) is 0 Å². The van der Waals surface area contributed by atoms with E-state index < -0.39 is 23.7 Å². The monoisotopic (exact) mass is 401 g/mol. The first-order valence-electron chi connectivity index (χ1n) is 9.96. The number of methoxy groups -OCH3 is 1. The second kappa shape index (κ2) is 9.63. The minimum Gasteiger partial charge on any atom is -0.496 e. The third-order valence-electron chi connectivity index (χ3n) is 4.34. The molecule has 1 amide bonds. The Morgan fingerprint density at radius 3 is 2.38 bits per heavy atom. The van der Waals surface area contributed by atoms with Crippen LogP contribution in [0.3, 0.4) is 0 Å². The standard InChI is InChI=1S/C23H31NO5/c1-7-8-11-16-14-19(27-6)17-12-9-10-13-18(17)20(16)28-21(25)15(2)24-22(26)29-23(3,4)5/h9-10,12-15H,7-8,11H2,1-6H3,(H,24,26)/t15-/m0/s1. The Hall–Kier alpha value is -2.76. The number of unbranched alkanes of at least 4 members (excludes halogenated alkanes) is 1. The van der Waals surface area contributed by atoms with E-state index in [0.29, 0.717) is 5.75 Å². The van der Waals surface area contributed by atoms with E-state index in [1.54, 1.807) is 34.8 Å². The molecule has 0 fully saturated rings. The number of benzene rings is 2. The maximum Gasteiger partial charge on any atom is 0.408 e. The Kier molecular flexibility index (Phi) is 7.48. The van der Waals surface area contributed by atoms with Crippen molar-refractivity contribution >= 4 is 22.8 Å². The lowest BCUT2D eigenvalue weighted by Gasteiger charge is -2.22. The smallest absolute Gasteiger partial charge is 0.408 e. The van der Waals surface area contributed by atoms with Crippen LogP contribution in [0.15, 0.2) is 30.3 Å². The maximum atomic E-state index is 12.7. The Labute approximate surface area is 172 Å². The van der Waals surface area contributed by atoms with Crippen molar-refractivity contribution in [3.05, 3.63) is 35.9 Å². The molecule has 158 valence electrons. The highest BCUT2D eigenvalue weighted by atomic mass is 16.6. The summed E-state index contributed by atoms with van der Waals surface area (Å²) in [5, 5.41) is 4.20. The summed E-state index contributed by atoms with van der Waals surface area (Å²) in [5.41, 5.74) is 0.257. The van der Waals surface area contributed by atoms with Crippen molar-refractivity contribution in [3.8, 4) is 11.5 Å². The zero-order chi connectivity index (χ0) is 21.6. The number of fused-ring (bicyclic) bond motifs is 1. The van der Waals surface area contributed by atoms with Gasteiger partial charge in [-0.25, -0.2) is 9.59 Å². The summed E-state index contributed by atoms with van der Waals surface area (Å²) in [5.74, 6) is 0.702. The van der Waals surface area contributed by atoms with E-state index in [1.165, 1.54) is 0 Å². The van der Waals surface area contributed by atoms with E-state index in [9.17, 15) is 9.59 Å². The predicted octanol–water partition coefficient (Wildman–Crippen LogP) is 5.01. The van der Waals surface area contributed by atoms with Crippen LogP contribution in [-0.2, 0) is 16.0 Å². The molecule has 0 unspecified atom stereocenters. The molecule has 0 heterocycles. The van der Waals surface area contributed by atoms with Crippen LogP contribution in [-0.4, -0.2) is 30.8 Å². The van der Waals surface area contributed by atoms with Gasteiger partial charge >= 0.3 is 12.1 Å². The number of rotatable bonds is 7. The number of carbonyl (C=O) groups excluding carboxylic acids is 2. The third-order valence-corrected chi connectivity index (χ3v) is 4.34. The molecule has 0 aliphatic heterocycles. The van der Waals surface area contributed by atoms with Crippen LogP contribution in [0.2, 0.25) is 0 Å². The van der Waals surface area contributed by atoms with Crippen molar-refractivity contribution in [3.63, 3.8) is 0 Å². The van der Waals surface area contributed by atoms with Gasteiger partial charge in [0.15, 0.2) is 0 Å². The van der Waals surface area contributed by atoms with Gasteiger partial charge in [-0.2, -0.15) is 0 Å². The summed E-state index contributed by atoms with van der Waals surface area (Å²) in [4.78, 5) is 24.7. The van der Waals surface area contributed by atoms with Gasteiger partial charge in [0, 0.05) is 10.8 Å². The Morgan fingerprint density at radius 1 is 1.14 bits per heavy atom. The fourth-order valence-corrected chi connectivity index (χ4v) is 2.95. The lowest BCUT2D eigenvalue weighted by atomic mass is 10.00. The van der Waals surface area contributed by atoms with Crippen LogP contribution in [0.1, 0.15) is 53.0 Å². The third kappa shape index (κ3) is 6.11. The molecule has 6 nitrogen and oxygen atoms in total. The first kappa shape index (κ1) is 22.5. The highest BCUT2D eigenvalue weighted by Gasteiger charge is 2.24. The van der Waals surface area contributed by atoms with Crippen molar-refractivity contribution in [2.45, 2.75) is 65.5 Å².